The van der Waals surface area contributed by atoms with Crippen molar-refractivity contribution < 1.29 is 4.79 Å². The van der Waals surface area contributed by atoms with Crippen molar-refractivity contribution in [3.8, 4) is 0 Å². The van der Waals surface area contributed by atoms with E-state index in [1.807, 2.05) is 24.3 Å². The maximum Gasteiger partial charge on any atom is 0.277 e. The summed E-state index contributed by atoms with van der Waals surface area (Å²) in [6, 6.07) is 7.77. The molecule has 5 nitrogen and oxygen atoms in total. The summed E-state index contributed by atoms with van der Waals surface area (Å²) < 4.78 is 0. The minimum atomic E-state index is -0.268. The molecule has 17 heavy (non-hydrogen) atoms. The van der Waals surface area contributed by atoms with Crippen molar-refractivity contribution in [2.24, 2.45) is 0 Å². The topological polar surface area (TPSA) is 70.7 Å². The molecule has 1 amide bonds. The highest BCUT2D eigenvalue weighted by Gasteiger charge is 2.08. The van der Waals surface area contributed by atoms with E-state index in [-0.39, 0.29) is 11.6 Å². The number of amides is 1. The van der Waals surface area contributed by atoms with Crippen LogP contribution in [0.25, 0.3) is 0 Å². The van der Waals surface area contributed by atoms with Gasteiger partial charge in [-0.2, -0.15) is 15.4 Å². The monoisotopic (exact) mass is 230 g/mol. The van der Waals surface area contributed by atoms with Crippen molar-refractivity contribution in [3.05, 3.63) is 41.7 Å². The van der Waals surface area contributed by atoms with Gasteiger partial charge in [-0.3, -0.25) is 4.79 Å². The zero-order chi connectivity index (χ0) is 12.3. The lowest BCUT2D eigenvalue weighted by atomic mass is 10.0. The number of carbonyl (C=O) groups excluding carboxylic acids is 1. The standard InChI is InChI=1S/C12H14N4O/c1-8(2)9-3-5-10(6-4-9)14-12(17)11-7-13-16-15-11/h3-8H,1-2H3,(H,14,17)(H,13,15,16). The fourth-order valence-electron chi connectivity index (χ4n) is 1.46. The Balaban J connectivity index is 2.07. The summed E-state index contributed by atoms with van der Waals surface area (Å²) in [5.74, 6) is 0.214. The second-order valence-corrected chi connectivity index (χ2v) is 4.09. The van der Waals surface area contributed by atoms with E-state index in [1.54, 1.807) is 0 Å². The number of carbonyl (C=O) groups is 1. The molecule has 2 aromatic rings. The lowest BCUT2D eigenvalue weighted by Crippen LogP contribution is -2.12. The van der Waals surface area contributed by atoms with Gasteiger partial charge < -0.3 is 5.32 Å². The number of anilines is 1. The molecule has 1 aromatic carbocycles. The summed E-state index contributed by atoms with van der Waals surface area (Å²) in [7, 11) is 0. The number of aromatic nitrogens is 3. The second-order valence-electron chi connectivity index (χ2n) is 4.09. The summed E-state index contributed by atoms with van der Waals surface area (Å²) in [5, 5.41) is 12.4. The molecule has 2 N–H and O–H groups in total. The Morgan fingerprint density at radius 3 is 2.53 bits per heavy atom. The molecule has 0 saturated heterocycles. The van der Waals surface area contributed by atoms with Gasteiger partial charge >= 0.3 is 0 Å². The lowest BCUT2D eigenvalue weighted by molar-refractivity contribution is 0.102. The maximum atomic E-state index is 11.7. The number of nitrogens with one attached hydrogen (secondary N) is 2. The molecule has 0 aliphatic carbocycles. The average molecular weight is 230 g/mol. The molecule has 0 aliphatic heterocycles. The summed E-state index contributed by atoms with van der Waals surface area (Å²) in [5.41, 5.74) is 2.27. The van der Waals surface area contributed by atoms with Crippen LogP contribution in [0.3, 0.4) is 0 Å². The van der Waals surface area contributed by atoms with Gasteiger partial charge in [-0.1, -0.05) is 26.0 Å². The molecule has 0 fully saturated rings. The third kappa shape index (κ3) is 2.69. The number of hydrogen-bond donors (Lipinski definition) is 2. The molecule has 0 bridgehead atoms. The zero-order valence-electron chi connectivity index (χ0n) is 9.77. The van der Waals surface area contributed by atoms with E-state index in [0.717, 1.165) is 5.69 Å². The first kappa shape index (κ1) is 11.3. The SMILES string of the molecule is CC(C)c1ccc(NC(=O)c2cn[nH]n2)cc1. The first-order valence-corrected chi connectivity index (χ1v) is 5.44. The zero-order valence-corrected chi connectivity index (χ0v) is 9.77. The van der Waals surface area contributed by atoms with Gasteiger partial charge in [0.25, 0.3) is 5.91 Å². The van der Waals surface area contributed by atoms with E-state index in [2.05, 4.69) is 34.6 Å². The highest BCUT2D eigenvalue weighted by atomic mass is 16.2. The summed E-state index contributed by atoms with van der Waals surface area (Å²) in [6.07, 6.45) is 1.39. The Bertz CT molecular complexity index is 488. The lowest BCUT2D eigenvalue weighted by Gasteiger charge is -2.07. The Kier molecular flexibility index (Phi) is 3.18. The van der Waals surface area contributed by atoms with Gasteiger partial charge in [0, 0.05) is 5.69 Å². The van der Waals surface area contributed by atoms with E-state index in [9.17, 15) is 4.79 Å². The number of aromatic amines is 1. The minimum absolute atomic E-state index is 0.268. The van der Waals surface area contributed by atoms with Crippen molar-refractivity contribution in [3.63, 3.8) is 0 Å². The molecular formula is C12H14N4O. The van der Waals surface area contributed by atoms with E-state index >= 15 is 0 Å². The number of hydrogen-bond acceptors (Lipinski definition) is 3. The average Bonchev–Trinajstić information content (AvgIpc) is 2.83. The van der Waals surface area contributed by atoms with Crippen LogP contribution in [0.4, 0.5) is 5.69 Å². The fourth-order valence-corrected chi connectivity index (χ4v) is 1.46. The van der Waals surface area contributed by atoms with E-state index < -0.39 is 0 Å². The van der Waals surface area contributed by atoms with Gasteiger partial charge in [-0.05, 0) is 23.6 Å². The first-order chi connectivity index (χ1) is 8.16. The van der Waals surface area contributed by atoms with E-state index in [4.69, 9.17) is 0 Å². The Labute approximate surface area is 99.2 Å². The molecule has 0 unspecified atom stereocenters. The van der Waals surface area contributed by atoms with Crippen molar-refractivity contribution in [1.29, 1.82) is 0 Å². The first-order valence-electron chi connectivity index (χ1n) is 5.44. The Morgan fingerprint density at radius 2 is 2.00 bits per heavy atom. The van der Waals surface area contributed by atoms with Crippen molar-refractivity contribution in [2.45, 2.75) is 19.8 Å². The van der Waals surface area contributed by atoms with Gasteiger partial charge in [0.2, 0.25) is 0 Å². The summed E-state index contributed by atoms with van der Waals surface area (Å²) in [6.45, 7) is 4.26. The van der Waals surface area contributed by atoms with E-state index in [1.165, 1.54) is 11.8 Å². The number of rotatable bonds is 3. The van der Waals surface area contributed by atoms with Crippen molar-refractivity contribution in [2.75, 3.05) is 5.32 Å². The van der Waals surface area contributed by atoms with Crippen LogP contribution in [0.1, 0.15) is 35.8 Å². The van der Waals surface area contributed by atoms with Crippen LogP contribution in [0.5, 0.6) is 0 Å². The molecule has 1 aromatic heterocycles. The van der Waals surface area contributed by atoms with Crippen LogP contribution in [-0.4, -0.2) is 21.3 Å². The highest BCUT2D eigenvalue weighted by molar-refractivity contribution is 6.02. The predicted octanol–water partition coefficient (Wildman–Crippen LogP) is 2.18. The molecule has 0 aliphatic rings. The van der Waals surface area contributed by atoms with Gasteiger partial charge in [-0.15, -0.1) is 0 Å². The molecule has 1 heterocycles. The normalized spacial score (nSPS) is 10.5. The Hall–Kier alpha value is -2.17. The minimum Gasteiger partial charge on any atom is -0.321 e. The highest BCUT2D eigenvalue weighted by Crippen LogP contribution is 2.17. The molecule has 88 valence electrons. The van der Waals surface area contributed by atoms with Crippen molar-refractivity contribution in [1.82, 2.24) is 15.4 Å². The van der Waals surface area contributed by atoms with Crippen LogP contribution < -0.4 is 5.32 Å². The van der Waals surface area contributed by atoms with Crippen LogP contribution >= 0.6 is 0 Å². The third-order valence-corrected chi connectivity index (χ3v) is 2.48. The molecule has 0 atom stereocenters. The Morgan fingerprint density at radius 1 is 1.29 bits per heavy atom. The predicted molar refractivity (Wildman–Crippen MR) is 64.9 cm³/mol. The molecule has 0 radical (unpaired) electrons. The van der Waals surface area contributed by atoms with Crippen LogP contribution in [0, 0.1) is 0 Å². The van der Waals surface area contributed by atoms with Crippen LogP contribution in [-0.2, 0) is 0 Å². The molecular weight excluding hydrogens is 216 g/mol. The van der Waals surface area contributed by atoms with Crippen LogP contribution in [0.2, 0.25) is 0 Å². The van der Waals surface area contributed by atoms with Gasteiger partial charge in [0.1, 0.15) is 0 Å². The summed E-state index contributed by atoms with van der Waals surface area (Å²) in [4.78, 5) is 11.7. The molecule has 0 saturated carbocycles. The number of nitrogens with zero attached hydrogens (tertiary/aromatic N) is 2. The van der Waals surface area contributed by atoms with E-state index in [0.29, 0.717) is 5.92 Å². The molecule has 5 heteroatoms. The largest absolute Gasteiger partial charge is 0.321 e. The second kappa shape index (κ2) is 4.78. The fraction of sp³-hybridized carbons (Fsp3) is 0.250. The maximum absolute atomic E-state index is 11.7. The van der Waals surface area contributed by atoms with Crippen molar-refractivity contribution >= 4 is 11.6 Å². The van der Waals surface area contributed by atoms with Crippen LogP contribution in [0.15, 0.2) is 30.5 Å². The number of benzene rings is 1. The summed E-state index contributed by atoms with van der Waals surface area (Å²) >= 11 is 0. The van der Waals surface area contributed by atoms with Gasteiger partial charge in [-0.25, -0.2) is 0 Å². The molecule has 2 rings (SSSR count). The third-order valence-electron chi connectivity index (χ3n) is 2.48. The number of H-pyrrole nitrogens is 1. The van der Waals surface area contributed by atoms with Gasteiger partial charge in [0.05, 0.1) is 6.20 Å². The quantitative estimate of drug-likeness (QED) is 0.849. The molecule has 0 spiro atoms. The van der Waals surface area contributed by atoms with Gasteiger partial charge in [0.15, 0.2) is 5.69 Å². The smallest absolute Gasteiger partial charge is 0.277 e.